The average molecular weight is 191 g/mol. The van der Waals surface area contributed by atoms with Crippen molar-refractivity contribution in [3.63, 3.8) is 0 Å². The molecule has 4 heteroatoms. The van der Waals surface area contributed by atoms with Crippen molar-refractivity contribution in [3.05, 3.63) is 0 Å². The van der Waals surface area contributed by atoms with Crippen LogP contribution in [0.15, 0.2) is 4.99 Å². The minimum absolute atomic E-state index is 0.288. The van der Waals surface area contributed by atoms with Gasteiger partial charge in [-0.25, -0.2) is 0 Å². The molecule has 0 bridgehead atoms. The molecule has 0 atom stereocenters. The lowest BCUT2D eigenvalue weighted by Gasteiger charge is -1.97. The molecule has 0 aromatic heterocycles. The number of rotatable bonds is 5. The van der Waals surface area contributed by atoms with Crippen molar-refractivity contribution in [2.45, 2.75) is 19.8 Å². The van der Waals surface area contributed by atoms with Crippen LogP contribution in [0.1, 0.15) is 19.8 Å². The Morgan fingerprint density at radius 1 is 1.73 bits per heavy atom. The molecule has 0 radical (unpaired) electrons. The molecule has 64 valence electrons. The molecule has 0 saturated heterocycles. The molecule has 0 aromatic rings. The molecule has 11 heavy (non-hydrogen) atoms. The molecule has 0 aromatic carbocycles. The Morgan fingerprint density at radius 3 is 3.00 bits per heavy atom. The Labute approximate surface area is 78.5 Å². The summed E-state index contributed by atoms with van der Waals surface area (Å²) in [7, 11) is 0. The average Bonchev–Trinajstić information content (AvgIpc) is 1.96. The molecule has 0 aliphatic rings. The lowest BCUT2D eigenvalue weighted by Crippen LogP contribution is -1.99. The fourth-order valence-corrected chi connectivity index (χ4v) is 0.672. The molecule has 0 fully saturated rings. The maximum absolute atomic E-state index is 4.90. The summed E-state index contributed by atoms with van der Waals surface area (Å²) in [6.45, 7) is 3.31. The van der Waals surface area contributed by atoms with E-state index < -0.39 is 0 Å². The summed E-state index contributed by atoms with van der Waals surface area (Å²) in [6.07, 6.45) is 4.07. The molecule has 0 aliphatic heterocycles. The summed E-state index contributed by atoms with van der Waals surface area (Å²) < 4.78 is 5.19. The maximum Gasteiger partial charge on any atom is 0.216 e. The van der Waals surface area contributed by atoms with Crippen LogP contribution in [0.5, 0.6) is 0 Å². The first kappa shape index (κ1) is 10.9. The second-order valence-electron chi connectivity index (χ2n) is 1.99. The summed E-state index contributed by atoms with van der Waals surface area (Å²) in [5, 5.41) is 0. The number of hydrogen-bond donors (Lipinski definition) is 1. The summed E-state index contributed by atoms with van der Waals surface area (Å²) in [4.78, 5) is 4.09. The first-order chi connectivity index (χ1) is 5.27. The van der Waals surface area contributed by atoms with Gasteiger partial charge < -0.3 is 4.74 Å². The number of hydrogen-bond acceptors (Lipinski definition) is 3. The third-order valence-electron chi connectivity index (χ3n) is 0.993. The summed E-state index contributed by atoms with van der Waals surface area (Å²) in [6, 6.07) is 0. The van der Waals surface area contributed by atoms with Crippen molar-refractivity contribution in [1.82, 2.24) is 0 Å². The van der Waals surface area contributed by atoms with Gasteiger partial charge in [-0.1, -0.05) is 26.0 Å². The van der Waals surface area contributed by atoms with Gasteiger partial charge in [-0.2, -0.15) is 0 Å². The smallest absolute Gasteiger partial charge is 0.216 e. The summed E-state index contributed by atoms with van der Waals surface area (Å²) >= 11 is 8.39. The zero-order valence-electron chi connectivity index (χ0n) is 6.62. The highest BCUT2D eigenvalue weighted by Gasteiger charge is 1.85. The highest BCUT2D eigenvalue weighted by atomic mass is 32.1. The highest BCUT2D eigenvalue weighted by Crippen LogP contribution is 1.87. The number of thiol groups is 1. The molecular weight excluding hydrogens is 178 g/mol. The highest BCUT2D eigenvalue weighted by molar-refractivity contribution is 8.10. The van der Waals surface area contributed by atoms with Crippen LogP contribution in [0.3, 0.4) is 0 Å². The third kappa shape index (κ3) is 9.91. The van der Waals surface area contributed by atoms with Gasteiger partial charge in [-0.15, -0.1) is 0 Å². The number of unbranched alkanes of at least 4 members (excludes halogenated alkanes) is 1. The Balaban J connectivity index is 3.07. The molecular formula is C7H13NOS2. The van der Waals surface area contributed by atoms with Crippen LogP contribution in [-0.4, -0.2) is 23.7 Å². The standard InChI is InChI=1S/C7H13NOS2/c1-2-3-4-8-5-6-9-7(10)11/h4H,2-3,5-6H2,1H3,(H,10,11). The summed E-state index contributed by atoms with van der Waals surface area (Å²) in [5.41, 5.74) is 0. The topological polar surface area (TPSA) is 21.6 Å². The quantitative estimate of drug-likeness (QED) is 0.311. The predicted molar refractivity (Wildman–Crippen MR) is 55.8 cm³/mol. The van der Waals surface area contributed by atoms with Gasteiger partial charge in [0.2, 0.25) is 4.38 Å². The molecule has 0 N–H and O–H groups in total. The third-order valence-corrected chi connectivity index (χ3v) is 1.24. The van der Waals surface area contributed by atoms with Crippen molar-refractivity contribution in [2.75, 3.05) is 13.2 Å². The van der Waals surface area contributed by atoms with Crippen LogP contribution in [-0.2, 0) is 4.74 Å². The lowest BCUT2D eigenvalue weighted by atomic mass is 10.4. The van der Waals surface area contributed by atoms with Gasteiger partial charge in [-0.05, 0) is 24.9 Å². The number of aliphatic imine (C=N–C) groups is 1. The normalized spacial score (nSPS) is 10.4. The van der Waals surface area contributed by atoms with Crippen molar-refractivity contribution < 1.29 is 4.74 Å². The van der Waals surface area contributed by atoms with Crippen LogP contribution in [0.25, 0.3) is 0 Å². The van der Waals surface area contributed by atoms with Gasteiger partial charge in [-0.3, -0.25) is 4.99 Å². The van der Waals surface area contributed by atoms with Crippen LogP contribution < -0.4 is 0 Å². The van der Waals surface area contributed by atoms with E-state index in [9.17, 15) is 0 Å². The SMILES string of the molecule is CCCC=NCCOC(=S)S. The van der Waals surface area contributed by atoms with Crippen LogP contribution in [0.2, 0.25) is 0 Å². The Bertz CT molecular complexity index is 136. The van der Waals surface area contributed by atoms with Crippen molar-refractivity contribution in [2.24, 2.45) is 4.99 Å². The van der Waals surface area contributed by atoms with Crippen LogP contribution in [0.4, 0.5) is 0 Å². The second-order valence-corrected chi connectivity index (χ2v) is 3.07. The molecule has 0 amide bonds. The molecule has 0 rings (SSSR count). The monoisotopic (exact) mass is 191 g/mol. The van der Waals surface area contributed by atoms with Gasteiger partial charge in [0, 0.05) is 0 Å². The molecule has 2 nitrogen and oxygen atoms in total. The molecule has 0 spiro atoms. The van der Waals surface area contributed by atoms with E-state index in [0.717, 1.165) is 12.8 Å². The minimum Gasteiger partial charge on any atom is -0.477 e. The van der Waals surface area contributed by atoms with E-state index in [2.05, 4.69) is 36.8 Å². The first-order valence-electron chi connectivity index (χ1n) is 3.61. The largest absolute Gasteiger partial charge is 0.477 e. The van der Waals surface area contributed by atoms with Gasteiger partial charge in [0.05, 0.1) is 6.54 Å². The Hall–Kier alpha value is -0.0900. The fraction of sp³-hybridized carbons (Fsp3) is 0.714. The molecule has 0 unspecified atom stereocenters. The number of ether oxygens (including phenoxy) is 1. The van der Waals surface area contributed by atoms with E-state index in [1.807, 2.05) is 6.21 Å². The van der Waals surface area contributed by atoms with E-state index in [4.69, 9.17) is 4.74 Å². The Kier molecular flexibility index (Phi) is 7.95. The zero-order valence-corrected chi connectivity index (χ0v) is 8.33. The number of thiocarbonyl (C=S) groups is 1. The predicted octanol–water partition coefficient (Wildman–Crippen LogP) is 2.09. The second kappa shape index (κ2) is 8.01. The molecule has 0 heterocycles. The van der Waals surface area contributed by atoms with Gasteiger partial charge in [0.25, 0.3) is 0 Å². The Morgan fingerprint density at radius 2 is 2.45 bits per heavy atom. The van der Waals surface area contributed by atoms with E-state index in [0.29, 0.717) is 13.2 Å². The van der Waals surface area contributed by atoms with Crippen molar-refractivity contribution in [1.29, 1.82) is 0 Å². The van der Waals surface area contributed by atoms with E-state index in [1.165, 1.54) is 0 Å². The fourth-order valence-electron chi connectivity index (χ4n) is 0.497. The molecule has 0 aliphatic carbocycles. The van der Waals surface area contributed by atoms with Crippen LogP contribution in [0, 0.1) is 0 Å². The van der Waals surface area contributed by atoms with Gasteiger partial charge in [0.15, 0.2) is 0 Å². The van der Waals surface area contributed by atoms with E-state index in [-0.39, 0.29) is 4.38 Å². The van der Waals surface area contributed by atoms with Gasteiger partial charge in [0.1, 0.15) is 6.61 Å². The van der Waals surface area contributed by atoms with Crippen molar-refractivity contribution in [3.8, 4) is 0 Å². The molecule has 0 saturated carbocycles. The van der Waals surface area contributed by atoms with E-state index >= 15 is 0 Å². The maximum atomic E-state index is 4.90. The minimum atomic E-state index is 0.288. The summed E-state index contributed by atoms with van der Waals surface area (Å²) in [5.74, 6) is 0. The lowest BCUT2D eigenvalue weighted by molar-refractivity contribution is 0.334. The van der Waals surface area contributed by atoms with Gasteiger partial charge >= 0.3 is 0 Å². The van der Waals surface area contributed by atoms with Crippen LogP contribution >= 0.6 is 24.8 Å². The van der Waals surface area contributed by atoms with Crippen molar-refractivity contribution >= 4 is 35.4 Å². The number of nitrogens with zero attached hydrogens (tertiary/aromatic N) is 1. The first-order valence-corrected chi connectivity index (χ1v) is 4.47. The zero-order chi connectivity index (χ0) is 8.53. The van der Waals surface area contributed by atoms with E-state index in [1.54, 1.807) is 0 Å².